The fourth-order valence-corrected chi connectivity index (χ4v) is 4.16. The van der Waals surface area contributed by atoms with Gasteiger partial charge >= 0.3 is 0 Å². The highest BCUT2D eigenvalue weighted by Crippen LogP contribution is 2.31. The average Bonchev–Trinajstić information content (AvgIpc) is 2.79. The van der Waals surface area contributed by atoms with E-state index >= 15 is 0 Å². The second-order valence-corrected chi connectivity index (χ2v) is 7.38. The maximum Gasteiger partial charge on any atom is 0.256 e. The lowest BCUT2D eigenvalue weighted by molar-refractivity contribution is 0.102. The van der Waals surface area contributed by atoms with Crippen LogP contribution in [0.1, 0.15) is 34.5 Å². The molecule has 142 valence electrons. The lowest BCUT2D eigenvalue weighted by Crippen LogP contribution is -2.15. The maximum atomic E-state index is 13.3. The molecule has 1 N–H and O–H groups in total. The molecular weight excluding hydrogens is 358 g/mol. The van der Waals surface area contributed by atoms with Crippen LogP contribution in [0.3, 0.4) is 0 Å². The predicted octanol–water partition coefficient (Wildman–Crippen LogP) is 5.43. The Morgan fingerprint density at radius 2 is 1.62 bits per heavy atom. The third-order valence-electron chi connectivity index (χ3n) is 5.59. The zero-order valence-electron chi connectivity index (χ0n) is 16.1. The number of carbonyl (C=O) groups excluding carboxylic acids is 1. The Morgan fingerprint density at radius 1 is 0.828 bits per heavy atom. The fourth-order valence-electron chi connectivity index (χ4n) is 4.16. The number of aryl methyl sites for hydroxylation is 1. The molecule has 0 saturated carbocycles. The molecule has 4 aromatic rings. The van der Waals surface area contributed by atoms with Crippen LogP contribution in [0.4, 0.5) is 5.69 Å². The van der Waals surface area contributed by atoms with Gasteiger partial charge in [0, 0.05) is 33.5 Å². The molecule has 0 radical (unpaired) electrons. The quantitative estimate of drug-likeness (QED) is 0.516. The summed E-state index contributed by atoms with van der Waals surface area (Å²) in [5.74, 6) is -0.125. The van der Waals surface area contributed by atoms with E-state index in [2.05, 4.69) is 15.3 Å². The van der Waals surface area contributed by atoms with Crippen molar-refractivity contribution in [3.63, 3.8) is 0 Å². The number of nitrogens with one attached hydrogen (secondary N) is 1. The van der Waals surface area contributed by atoms with E-state index in [0.29, 0.717) is 5.56 Å². The van der Waals surface area contributed by atoms with Gasteiger partial charge in [0.25, 0.3) is 5.91 Å². The first-order chi connectivity index (χ1) is 14.3. The molecule has 1 aliphatic carbocycles. The van der Waals surface area contributed by atoms with Gasteiger partial charge in [-0.2, -0.15) is 0 Å². The van der Waals surface area contributed by atoms with E-state index in [1.165, 1.54) is 5.56 Å². The van der Waals surface area contributed by atoms with Gasteiger partial charge in [0.2, 0.25) is 0 Å². The van der Waals surface area contributed by atoms with Gasteiger partial charge in [-0.15, -0.1) is 0 Å². The molecule has 29 heavy (non-hydrogen) atoms. The average molecular weight is 379 g/mol. The second-order valence-electron chi connectivity index (χ2n) is 7.38. The molecule has 4 nitrogen and oxygen atoms in total. The van der Waals surface area contributed by atoms with Crippen LogP contribution in [0.5, 0.6) is 0 Å². The minimum atomic E-state index is -0.125. The summed E-state index contributed by atoms with van der Waals surface area (Å²) < 4.78 is 0. The van der Waals surface area contributed by atoms with Gasteiger partial charge in [-0.25, -0.2) is 9.97 Å². The van der Waals surface area contributed by atoms with Gasteiger partial charge in [-0.1, -0.05) is 54.6 Å². The van der Waals surface area contributed by atoms with Crippen molar-refractivity contribution in [2.45, 2.75) is 25.7 Å². The van der Waals surface area contributed by atoms with Crippen LogP contribution in [-0.2, 0) is 12.8 Å². The highest BCUT2D eigenvalue weighted by atomic mass is 16.1. The van der Waals surface area contributed by atoms with Gasteiger partial charge < -0.3 is 5.32 Å². The number of rotatable bonds is 3. The van der Waals surface area contributed by atoms with E-state index in [4.69, 9.17) is 0 Å². The molecule has 0 atom stereocenters. The van der Waals surface area contributed by atoms with Gasteiger partial charge in [-0.3, -0.25) is 4.79 Å². The van der Waals surface area contributed by atoms with E-state index < -0.39 is 0 Å². The minimum Gasteiger partial charge on any atom is -0.321 e. The third-order valence-corrected chi connectivity index (χ3v) is 5.59. The van der Waals surface area contributed by atoms with E-state index in [1.807, 2.05) is 66.7 Å². The first-order valence-electron chi connectivity index (χ1n) is 10.0. The number of benzene rings is 3. The number of amides is 1. The monoisotopic (exact) mass is 379 g/mol. The lowest BCUT2D eigenvalue weighted by atomic mass is 9.90. The Hall–Kier alpha value is -3.53. The second kappa shape index (κ2) is 7.47. The van der Waals surface area contributed by atoms with Crippen LogP contribution < -0.4 is 5.32 Å². The fraction of sp³-hybridized carbons (Fsp3) is 0.160. The minimum absolute atomic E-state index is 0.125. The molecule has 4 heteroatoms. The third kappa shape index (κ3) is 3.27. The zero-order valence-corrected chi connectivity index (χ0v) is 16.1. The molecule has 0 aliphatic heterocycles. The van der Waals surface area contributed by atoms with Gasteiger partial charge in [0.15, 0.2) is 0 Å². The van der Waals surface area contributed by atoms with Crippen LogP contribution in [0.2, 0.25) is 0 Å². The van der Waals surface area contributed by atoms with Crippen molar-refractivity contribution in [1.29, 1.82) is 0 Å². The van der Waals surface area contributed by atoms with Crippen molar-refractivity contribution < 1.29 is 4.79 Å². The van der Waals surface area contributed by atoms with Crippen molar-refractivity contribution in [2.75, 3.05) is 5.32 Å². The van der Waals surface area contributed by atoms with Crippen molar-refractivity contribution in [3.05, 3.63) is 89.9 Å². The molecule has 0 unspecified atom stereocenters. The largest absolute Gasteiger partial charge is 0.321 e. The van der Waals surface area contributed by atoms with Gasteiger partial charge in [0.05, 0.1) is 5.69 Å². The Bertz CT molecular complexity index is 1210. The maximum absolute atomic E-state index is 13.3. The lowest BCUT2D eigenvalue weighted by Gasteiger charge is -2.19. The number of hydrogen-bond donors (Lipinski definition) is 1. The highest BCUT2D eigenvalue weighted by Gasteiger charge is 2.21. The summed E-state index contributed by atoms with van der Waals surface area (Å²) in [4.78, 5) is 22.3. The summed E-state index contributed by atoms with van der Waals surface area (Å²) in [6, 6.07) is 21.7. The molecular formula is C25H21N3O. The topological polar surface area (TPSA) is 54.9 Å². The Kier molecular flexibility index (Phi) is 4.53. The number of nitrogens with zero attached hydrogens (tertiary/aromatic N) is 2. The summed E-state index contributed by atoms with van der Waals surface area (Å²) in [7, 11) is 0. The molecule has 0 bridgehead atoms. The van der Waals surface area contributed by atoms with Crippen LogP contribution in [-0.4, -0.2) is 15.9 Å². The summed E-state index contributed by atoms with van der Waals surface area (Å²) >= 11 is 0. The van der Waals surface area contributed by atoms with Crippen molar-refractivity contribution >= 4 is 22.4 Å². The molecule has 5 rings (SSSR count). The molecule has 1 aromatic heterocycles. The van der Waals surface area contributed by atoms with Gasteiger partial charge in [0.1, 0.15) is 6.33 Å². The van der Waals surface area contributed by atoms with E-state index in [-0.39, 0.29) is 5.91 Å². The number of aromatic nitrogens is 2. The van der Waals surface area contributed by atoms with Crippen LogP contribution in [0, 0.1) is 0 Å². The van der Waals surface area contributed by atoms with Crippen molar-refractivity contribution in [2.24, 2.45) is 0 Å². The van der Waals surface area contributed by atoms with Crippen LogP contribution in [0.25, 0.3) is 22.0 Å². The number of hydrogen-bond acceptors (Lipinski definition) is 3. The number of anilines is 1. The normalized spacial score (nSPS) is 13.1. The molecule has 3 aromatic carbocycles. The first kappa shape index (κ1) is 17.6. The molecule has 0 spiro atoms. The standard InChI is InChI=1S/C25H21N3O/c29-25(28-23-15-7-9-17-8-1-2-10-18(17)23)20-12-4-3-11-19(20)24-21-13-5-6-14-22(21)26-16-27-24/h1-4,7-12,15-16H,5-6,13-14H2,(H,28,29). The predicted molar refractivity (Wildman–Crippen MR) is 116 cm³/mol. The van der Waals surface area contributed by atoms with Crippen LogP contribution >= 0.6 is 0 Å². The van der Waals surface area contributed by atoms with Crippen molar-refractivity contribution in [3.8, 4) is 11.3 Å². The SMILES string of the molecule is O=C(Nc1cccc2ccccc12)c1ccccc1-c1ncnc2c1CCCC2. The summed E-state index contributed by atoms with van der Waals surface area (Å²) in [5, 5.41) is 5.24. The van der Waals surface area contributed by atoms with E-state index in [1.54, 1.807) is 6.33 Å². The van der Waals surface area contributed by atoms with Crippen molar-refractivity contribution in [1.82, 2.24) is 9.97 Å². The Balaban J connectivity index is 1.56. The Morgan fingerprint density at radius 3 is 2.59 bits per heavy atom. The summed E-state index contributed by atoms with van der Waals surface area (Å²) in [6.07, 6.45) is 5.86. The molecule has 1 heterocycles. The first-order valence-corrected chi connectivity index (χ1v) is 10.0. The molecule has 0 fully saturated rings. The number of carbonyl (C=O) groups is 1. The molecule has 0 saturated heterocycles. The van der Waals surface area contributed by atoms with E-state index in [9.17, 15) is 4.79 Å². The smallest absolute Gasteiger partial charge is 0.256 e. The number of fused-ring (bicyclic) bond motifs is 2. The molecule has 1 amide bonds. The highest BCUT2D eigenvalue weighted by molar-refractivity contribution is 6.12. The van der Waals surface area contributed by atoms with Crippen LogP contribution in [0.15, 0.2) is 73.1 Å². The summed E-state index contributed by atoms with van der Waals surface area (Å²) in [6.45, 7) is 0. The summed E-state index contributed by atoms with van der Waals surface area (Å²) in [5.41, 5.74) is 5.50. The van der Waals surface area contributed by atoms with E-state index in [0.717, 1.165) is 59.1 Å². The molecule has 1 aliphatic rings. The zero-order chi connectivity index (χ0) is 19.6. The van der Waals surface area contributed by atoms with Gasteiger partial charge in [-0.05, 0) is 43.2 Å². The Labute approximate surface area is 169 Å².